The number of nitrogens with zero attached hydrogens (tertiary/aromatic N) is 4. The Kier molecular flexibility index (Phi) is 4.16. The number of carbonyl (C=O) groups excluding carboxylic acids is 1. The smallest absolute Gasteiger partial charge is 0.451 e. The van der Waals surface area contributed by atoms with Crippen molar-refractivity contribution in [3.8, 4) is 5.75 Å². The van der Waals surface area contributed by atoms with Gasteiger partial charge < -0.3 is 5.11 Å². The van der Waals surface area contributed by atoms with Crippen molar-refractivity contribution >= 4 is 17.9 Å². The van der Waals surface area contributed by atoms with Crippen molar-refractivity contribution in [3.05, 3.63) is 57.8 Å². The first-order valence-corrected chi connectivity index (χ1v) is 6.94. The first-order chi connectivity index (χ1) is 12.3. The number of alkyl halides is 3. The minimum atomic E-state index is -4.80. The number of fused-ring (bicyclic) bond motifs is 1. The fourth-order valence-corrected chi connectivity index (χ4v) is 1.96. The van der Waals surface area contributed by atoms with Gasteiger partial charge in [-0.2, -0.15) is 27.8 Å². The number of para-hydroxylation sites is 1. The summed E-state index contributed by atoms with van der Waals surface area (Å²) in [5.41, 5.74) is 0.711. The highest BCUT2D eigenvalue weighted by Crippen LogP contribution is 2.25. The average Bonchev–Trinajstić information content (AvgIpc) is 3.02. The Morgan fingerprint density at radius 2 is 2.08 bits per heavy atom. The molecule has 3 aromatic rings. The number of aromatic amines is 1. The Bertz CT molecular complexity index is 1070. The van der Waals surface area contributed by atoms with Gasteiger partial charge in [0.05, 0.1) is 6.21 Å². The van der Waals surface area contributed by atoms with Crippen LogP contribution < -0.4 is 11.0 Å². The molecular weight excluding hydrogens is 357 g/mol. The van der Waals surface area contributed by atoms with Crippen LogP contribution >= 0.6 is 0 Å². The average molecular weight is 366 g/mol. The van der Waals surface area contributed by atoms with Crippen LogP contribution in [0.15, 0.2) is 40.4 Å². The van der Waals surface area contributed by atoms with Gasteiger partial charge in [-0.05, 0) is 12.1 Å². The summed E-state index contributed by atoms with van der Waals surface area (Å²) < 4.78 is 38.3. The van der Waals surface area contributed by atoms with Gasteiger partial charge in [-0.15, -0.1) is 0 Å². The molecule has 0 aliphatic carbocycles. The summed E-state index contributed by atoms with van der Waals surface area (Å²) in [5, 5.41) is 14.9. The molecule has 12 heteroatoms. The van der Waals surface area contributed by atoms with Crippen molar-refractivity contribution < 1.29 is 23.1 Å². The summed E-state index contributed by atoms with van der Waals surface area (Å²) in [7, 11) is 0. The molecule has 134 valence electrons. The molecule has 0 aliphatic rings. The van der Waals surface area contributed by atoms with Gasteiger partial charge in [0.25, 0.3) is 17.2 Å². The van der Waals surface area contributed by atoms with Gasteiger partial charge in [0, 0.05) is 11.8 Å². The maximum Gasteiger partial charge on any atom is 0.451 e. The predicted octanol–water partition coefficient (Wildman–Crippen LogP) is 0.906. The number of H-pyrrole nitrogens is 1. The van der Waals surface area contributed by atoms with Crippen LogP contribution in [0.25, 0.3) is 5.78 Å². The molecular formula is C14H9F3N6O3. The minimum absolute atomic E-state index is 0.0780. The number of benzene rings is 1. The number of hydrogen-bond donors (Lipinski definition) is 3. The number of aromatic nitrogens is 4. The number of amides is 1. The summed E-state index contributed by atoms with van der Waals surface area (Å²) in [4.78, 5) is 30.8. The second-order valence-electron chi connectivity index (χ2n) is 4.94. The molecule has 3 rings (SSSR count). The number of carbonyl (C=O) groups is 1. The van der Waals surface area contributed by atoms with E-state index in [1.54, 1.807) is 17.2 Å². The van der Waals surface area contributed by atoms with E-state index in [4.69, 9.17) is 0 Å². The molecule has 1 amide bonds. The van der Waals surface area contributed by atoms with Crippen LogP contribution in [-0.2, 0) is 6.18 Å². The molecule has 0 bridgehead atoms. The molecule has 0 radical (unpaired) electrons. The lowest BCUT2D eigenvalue weighted by Gasteiger charge is -2.00. The molecule has 0 saturated carbocycles. The largest absolute Gasteiger partial charge is 0.507 e. The summed E-state index contributed by atoms with van der Waals surface area (Å²) in [6, 6.07) is 6.15. The zero-order chi connectivity index (χ0) is 18.9. The van der Waals surface area contributed by atoms with Crippen LogP contribution in [0.3, 0.4) is 0 Å². The third kappa shape index (κ3) is 3.24. The van der Waals surface area contributed by atoms with Crippen molar-refractivity contribution in [3.63, 3.8) is 0 Å². The first kappa shape index (κ1) is 17.1. The minimum Gasteiger partial charge on any atom is -0.507 e. The highest BCUT2D eigenvalue weighted by molar-refractivity contribution is 5.94. The van der Waals surface area contributed by atoms with Crippen molar-refractivity contribution in [1.82, 2.24) is 25.0 Å². The molecule has 0 aliphatic heterocycles. The number of hydrazone groups is 1. The van der Waals surface area contributed by atoms with E-state index in [9.17, 15) is 27.9 Å². The molecule has 0 atom stereocenters. The second-order valence-corrected chi connectivity index (χ2v) is 4.94. The standard InChI is InChI=1S/C14H9F3N6O3/c15-14(16,17)12-20-13-18-6-8(11(26)23(13)22-12)10(25)21-19-5-7-3-1-2-4-9(7)24/h1-6,24H,(H,21,25)(H,18,20,22)/b19-5-. The van der Waals surface area contributed by atoms with Gasteiger partial charge in [0.1, 0.15) is 11.3 Å². The van der Waals surface area contributed by atoms with Crippen LogP contribution in [0.4, 0.5) is 13.2 Å². The van der Waals surface area contributed by atoms with Crippen LogP contribution in [0.1, 0.15) is 21.7 Å². The van der Waals surface area contributed by atoms with E-state index in [0.29, 0.717) is 10.1 Å². The topological polar surface area (TPSA) is 125 Å². The molecule has 1 aromatic carbocycles. The first-order valence-electron chi connectivity index (χ1n) is 6.94. The van der Waals surface area contributed by atoms with E-state index in [1.807, 2.05) is 5.43 Å². The van der Waals surface area contributed by atoms with Crippen molar-refractivity contribution in [2.75, 3.05) is 0 Å². The lowest BCUT2D eigenvalue weighted by molar-refractivity contribution is -0.144. The lowest BCUT2D eigenvalue weighted by atomic mass is 10.2. The number of rotatable bonds is 3. The normalized spacial score (nSPS) is 12.0. The number of aromatic hydroxyl groups is 1. The quantitative estimate of drug-likeness (QED) is 0.469. The monoisotopic (exact) mass is 366 g/mol. The van der Waals surface area contributed by atoms with Crippen LogP contribution in [0.5, 0.6) is 5.75 Å². The summed E-state index contributed by atoms with van der Waals surface area (Å²) in [5.74, 6) is -3.02. The van der Waals surface area contributed by atoms with E-state index in [-0.39, 0.29) is 5.75 Å². The Labute approximate surface area is 141 Å². The van der Waals surface area contributed by atoms with E-state index < -0.39 is 34.8 Å². The van der Waals surface area contributed by atoms with E-state index in [1.165, 1.54) is 12.1 Å². The van der Waals surface area contributed by atoms with Crippen molar-refractivity contribution in [1.29, 1.82) is 0 Å². The molecule has 0 spiro atoms. The maximum absolute atomic E-state index is 12.6. The highest BCUT2D eigenvalue weighted by Gasteiger charge is 2.35. The zero-order valence-electron chi connectivity index (χ0n) is 12.7. The molecule has 0 saturated heterocycles. The van der Waals surface area contributed by atoms with Gasteiger partial charge in [-0.25, -0.2) is 10.4 Å². The van der Waals surface area contributed by atoms with E-state index >= 15 is 0 Å². The van der Waals surface area contributed by atoms with Crippen molar-refractivity contribution in [2.24, 2.45) is 5.10 Å². The van der Waals surface area contributed by atoms with Crippen LogP contribution in [0.2, 0.25) is 0 Å². The number of hydrogen-bond acceptors (Lipinski definition) is 6. The third-order valence-corrected chi connectivity index (χ3v) is 3.19. The number of nitrogens with one attached hydrogen (secondary N) is 2. The molecule has 26 heavy (non-hydrogen) atoms. The Morgan fingerprint density at radius 1 is 1.35 bits per heavy atom. The third-order valence-electron chi connectivity index (χ3n) is 3.19. The Balaban J connectivity index is 1.86. The highest BCUT2D eigenvalue weighted by atomic mass is 19.4. The van der Waals surface area contributed by atoms with Gasteiger partial charge >= 0.3 is 6.18 Å². The molecule has 0 fully saturated rings. The molecule has 2 heterocycles. The summed E-state index contributed by atoms with van der Waals surface area (Å²) in [6.07, 6.45) is -2.87. The van der Waals surface area contributed by atoms with Crippen LogP contribution in [-0.4, -0.2) is 36.8 Å². The maximum atomic E-state index is 12.6. The van der Waals surface area contributed by atoms with Gasteiger partial charge in [0.15, 0.2) is 0 Å². The van der Waals surface area contributed by atoms with E-state index in [2.05, 4.69) is 15.1 Å². The van der Waals surface area contributed by atoms with Gasteiger partial charge in [-0.3, -0.25) is 14.7 Å². The second kappa shape index (κ2) is 6.31. The number of halogens is 3. The van der Waals surface area contributed by atoms with Crippen molar-refractivity contribution in [2.45, 2.75) is 6.18 Å². The number of phenols is 1. The predicted molar refractivity (Wildman–Crippen MR) is 81.8 cm³/mol. The lowest BCUT2D eigenvalue weighted by Crippen LogP contribution is -2.29. The zero-order valence-corrected chi connectivity index (χ0v) is 12.7. The molecule has 3 N–H and O–H groups in total. The fourth-order valence-electron chi connectivity index (χ4n) is 1.96. The Hall–Kier alpha value is -3.70. The molecule has 2 aromatic heterocycles. The van der Waals surface area contributed by atoms with Gasteiger partial charge in [-0.1, -0.05) is 12.1 Å². The summed E-state index contributed by atoms with van der Waals surface area (Å²) in [6.45, 7) is 0. The van der Waals surface area contributed by atoms with Gasteiger partial charge in [0.2, 0.25) is 5.82 Å². The van der Waals surface area contributed by atoms with Crippen LogP contribution in [0, 0.1) is 0 Å². The molecule has 0 unspecified atom stereocenters. The SMILES string of the molecule is O=C(N/N=C\c1ccccc1O)c1cnc2nc(C(F)(F)F)[nH]n2c1=O. The van der Waals surface area contributed by atoms with E-state index in [0.717, 1.165) is 12.4 Å². The fraction of sp³-hybridized carbons (Fsp3) is 0.0714. The molecule has 9 nitrogen and oxygen atoms in total. The summed E-state index contributed by atoms with van der Waals surface area (Å²) >= 11 is 0. The number of phenolic OH excluding ortho intramolecular Hbond substituents is 1. The Morgan fingerprint density at radius 3 is 2.77 bits per heavy atom.